The van der Waals surface area contributed by atoms with Crippen molar-refractivity contribution in [2.45, 2.75) is 347 Å². The van der Waals surface area contributed by atoms with Crippen LogP contribution < -0.4 is 5.32 Å². The van der Waals surface area contributed by atoms with Crippen molar-refractivity contribution in [1.29, 1.82) is 0 Å². The standard InChI is InChI=1S/C62H119NO5/c1-3-5-7-9-11-13-15-31-36-40-44-48-52-56-62(67)68-57-53-49-45-41-37-33-30-28-26-24-22-20-18-16-17-19-21-23-25-27-29-32-35-39-43-47-51-55-61(66)63-59(58-64)60(65)54-50-46-42-38-34-14-12-10-8-6-4-2/h16-17,50,54,59-60,64-65H,3-15,18-49,51-53,55-58H2,1-2H3,(H,63,66)/b17-16-,54-50+. The van der Waals surface area contributed by atoms with E-state index in [9.17, 15) is 19.8 Å². The number of hydrogen-bond acceptors (Lipinski definition) is 5. The van der Waals surface area contributed by atoms with Gasteiger partial charge in [-0.1, -0.05) is 289 Å². The van der Waals surface area contributed by atoms with Crippen LogP contribution in [-0.4, -0.2) is 47.4 Å². The van der Waals surface area contributed by atoms with Crippen molar-refractivity contribution in [2.75, 3.05) is 13.2 Å². The molecule has 68 heavy (non-hydrogen) atoms. The van der Waals surface area contributed by atoms with E-state index in [-0.39, 0.29) is 18.5 Å². The van der Waals surface area contributed by atoms with Crippen LogP contribution in [0.1, 0.15) is 335 Å². The van der Waals surface area contributed by atoms with Crippen molar-refractivity contribution in [2.24, 2.45) is 0 Å². The Kier molecular flexibility index (Phi) is 56.5. The largest absolute Gasteiger partial charge is 0.466 e. The molecule has 2 unspecified atom stereocenters. The van der Waals surface area contributed by atoms with Crippen molar-refractivity contribution in [1.82, 2.24) is 5.32 Å². The maximum absolute atomic E-state index is 12.4. The monoisotopic (exact) mass is 958 g/mol. The molecule has 1 amide bonds. The topological polar surface area (TPSA) is 95.9 Å². The Bertz CT molecular complexity index is 1060. The van der Waals surface area contributed by atoms with Gasteiger partial charge in [0.15, 0.2) is 0 Å². The molecule has 3 N–H and O–H groups in total. The molecule has 0 fully saturated rings. The van der Waals surface area contributed by atoms with E-state index in [1.165, 1.54) is 270 Å². The van der Waals surface area contributed by atoms with Gasteiger partial charge in [0.05, 0.1) is 25.4 Å². The molecule has 6 heteroatoms. The predicted octanol–water partition coefficient (Wildman–Crippen LogP) is 19.0. The van der Waals surface area contributed by atoms with Crippen molar-refractivity contribution >= 4 is 11.9 Å². The molecule has 0 radical (unpaired) electrons. The maximum Gasteiger partial charge on any atom is 0.305 e. The van der Waals surface area contributed by atoms with Gasteiger partial charge in [0.1, 0.15) is 0 Å². The van der Waals surface area contributed by atoms with Crippen LogP contribution in [0.5, 0.6) is 0 Å². The van der Waals surface area contributed by atoms with E-state index in [4.69, 9.17) is 4.74 Å². The van der Waals surface area contributed by atoms with Crippen molar-refractivity contribution in [3.63, 3.8) is 0 Å². The zero-order valence-electron chi connectivity index (χ0n) is 45.9. The lowest BCUT2D eigenvalue weighted by atomic mass is 10.0. The van der Waals surface area contributed by atoms with E-state index in [0.29, 0.717) is 19.4 Å². The summed E-state index contributed by atoms with van der Waals surface area (Å²) in [7, 11) is 0. The molecule has 0 spiro atoms. The fourth-order valence-electron chi connectivity index (χ4n) is 9.51. The minimum atomic E-state index is -0.843. The third-order valence-corrected chi connectivity index (χ3v) is 14.2. The maximum atomic E-state index is 12.4. The van der Waals surface area contributed by atoms with Gasteiger partial charge < -0.3 is 20.3 Å². The Morgan fingerprint density at radius 3 is 1.04 bits per heavy atom. The Labute approximate surface area is 424 Å². The highest BCUT2D eigenvalue weighted by molar-refractivity contribution is 5.76. The number of aliphatic hydroxyl groups excluding tert-OH is 2. The quantitative estimate of drug-likeness (QED) is 0.0321. The highest BCUT2D eigenvalue weighted by Gasteiger charge is 2.18. The SMILES string of the molecule is CCCCCCCCCCC/C=C/C(O)C(CO)NC(=O)CCCCCCCCCCCCC/C=C\CCCCCCCCCCCCCCOC(=O)CCCCCCCCCCCCCCC. The number of unbranched alkanes of at least 4 members (excludes halogenated alkanes) is 44. The van der Waals surface area contributed by atoms with Gasteiger partial charge in [-0.15, -0.1) is 0 Å². The van der Waals surface area contributed by atoms with Crippen LogP contribution in [0.2, 0.25) is 0 Å². The van der Waals surface area contributed by atoms with E-state index >= 15 is 0 Å². The Balaban J connectivity index is 3.37. The summed E-state index contributed by atoms with van der Waals surface area (Å²) in [6.07, 6.45) is 70.8. The first kappa shape index (κ1) is 66.3. The summed E-state index contributed by atoms with van der Waals surface area (Å²) in [6, 6.07) is -0.626. The summed E-state index contributed by atoms with van der Waals surface area (Å²) in [4.78, 5) is 24.4. The molecule has 0 aromatic carbocycles. The van der Waals surface area contributed by atoms with E-state index < -0.39 is 12.1 Å². The first-order chi connectivity index (χ1) is 33.5. The van der Waals surface area contributed by atoms with Gasteiger partial charge in [0.2, 0.25) is 5.91 Å². The second kappa shape index (κ2) is 57.9. The third kappa shape index (κ3) is 53.7. The van der Waals surface area contributed by atoms with E-state index in [2.05, 4.69) is 31.3 Å². The van der Waals surface area contributed by atoms with Crippen molar-refractivity contribution in [3.8, 4) is 0 Å². The van der Waals surface area contributed by atoms with Crippen molar-refractivity contribution < 1.29 is 24.5 Å². The summed E-state index contributed by atoms with van der Waals surface area (Å²) in [5.41, 5.74) is 0. The number of ether oxygens (including phenoxy) is 1. The van der Waals surface area contributed by atoms with Crippen LogP contribution in [-0.2, 0) is 14.3 Å². The van der Waals surface area contributed by atoms with Crippen LogP contribution in [0.3, 0.4) is 0 Å². The number of carbonyl (C=O) groups excluding carboxylic acids is 2. The number of esters is 1. The molecule has 0 aromatic heterocycles. The Morgan fingerprint density at radius 2 is 0.691 bits per heavy atom. The first-order valence-electron chi connectivity index (χ1n) is 30.6. The van der Waals surface area contributed by atoms with Crippen LogP contribution in [0.25, 0.3) is 0 Å². The first-order valence-corrected chi connectivity index (χ1v) is 30.6. The molecule has 6 nitrogen and oxygen atoms in total. The lowest BCUT2D eigenvalue weighted by Crippen LogP contribution is -2.45. The molecule has 0 saturated heterocycles. The average Bonchev–Trinajstić information content (AvgIpc) is 3.34. The molecule has 0 heterocycles. The highest BCUT2D eigenvalue weighted by atomic mass is 16.5. The molecule has 0 bridgehead atoms. The number of hydrogen-bond donors (Lipinski definition) is 3. The molecular formula is C62H119NO5. The molecule has 0 aromatic rings. The van der Waals surface area contributed by atoms with Gasteiger partial charge in [-0.05, 0) is 57.8 Å². The van der Waals surface area contributed by atoms with Gasteiger partial charge in [0, 0.05) is 12.8 Å². The van der Waals surface area contributed by atoms with Gasteiger partial charge in [0.25, 0.3) is 0 Å². The van der Waals surface area contributed by atoms with Crippen LogP contribution in [0.15, 0.2) is 24.3 Å². The molecular weight excluding hydrogens is 839 g/mol. The van der Waals surface area contributed by atoms with E-state index in [1.807, 2.05) is 6.08 Å². The molecule has 0 aliphatic rings. The number of allylic oxidation sites excluding steroid dienone is 3. The van der Waals surface area contributed by atoms with Gasteiger partial charge in [-0.25, -0.2) is 0 Å². The van der Waals surface area contributed by atoms with Crippen molar-refractivity contribution in [3.05, 3.63) is 24.3 Å². The van der Waals surface area contributed by atoms with Crippen LogP contribution >= 0.6 is 0 Å². The lowest BCUT2D eigenvalue weighted by molar-refractivity contribution is -0.143. The smallest absolute Gasteiger partial charge is 0.305 e. The number of carbonyl (C=O) groups is 2. The third-order valence-electron chi connectivity index (χ3n) is 14.2. The Morgan fingerprint density at radius 1 is 0.397 bits per heavy atom. The lowest BCUT2D eigenvalue weighted by Gasteiger charge is -2.20. The zero-order valence-corrected chi connectivity index (χ0v) is 45.9. The van der Waals surface area contributed by atoms with Crippen LogP contribution in [0.4, 0.5) is 0 Å². The van der Waals surface area contributed by atoms with Gasteiger partial charge in [-0.3, -0.25) is 9.59 Å². The second-order valence-electron chi connectivity index (χ2n) is 21.0. The number of rotatable bonds is 57. The summed E-state index contributed by atoms with van der Waals surface area (Å²) in [5.74, 6) is -0.0529. The highest BCUT2D eigenvalue weighted by Crippen LogP contribution is 2.17. The summed E-state index contributed by atoms with van der Waals surface area (Å²) >= 11 is 0. The zero-order chi connectivity index (χ0) is 49.3. The average molecular weight is 959 g/mol. The molecule has 0 aliphatic carbocycles. The Hall–Kier alpha value is -1.66. The van der Waals surface area contributed by atoms with Crippen LogP contribution in [0, 0.1) is 0 Å². The molecule has 0 rings (SSSR count). The normalized spacial score (nSPS) is 12.7. The van der Waals surface area contributed by atoms with E-state index in [0.717, 1.165) is 38.5 Å². The number of nitrogens with one attached hydrogen (secondary N) is 1. The fourth-order valence-corrected chi connectivity index (χ4v) is 9.51. The minimum Gasteiger partial charge on any atom is -0.466 e. The molecule has 402 valence electrons. The summed E-state index contributed by atoms with van der Waals surface area (Å²) in [5, 5.41) is 23.0. The second-order valence-corrected chi connectivity index (χ2v) is 21.0. The number of aliphatic hydroxyl groups is 2. The minimum absolute atomic E-state index is 0.0163. The van der Waals surface area contributed by atoms with Gasteiger partial charge >= 0.3 is 5.97 Å². The fraction of sp³-hybridized carbons (Fsp3) is 0.903. The summed E-state index contributed by atoms with van der Waals surface area (Å²) in [6.45, 7) is 4.91. The molecule has 2 atom stereocenters. The summed E-state index contributed by atoms with van der Waals surface area (Å²) < 4.78 is 5.48. The number of amides is 1. The van der Waals surface area contributed by atoms with E-state index in [1.54, 1.807) is 6.08 Å². The molecule has 0 saturated carbocycles. The molecule has 0 aliphatic heterocycles. The van der Waals surface area contributed by atoms with Gasteiger partial charge in [-0.2, -0.15) is 0 Å². The predicted molar refractivity (Wildman–Crippen MR) is 296 cm³/mol.